The molecule has 0 radical (unpaired) electrons. The van der Waals surface area contributed by atoms with E-state index in [1.807, 2.05) is 13.0 Å². The average molecular weight is 384 g/mol. The van der Waals surface area contributed by atoms with Crippen molar-refractivity contribution >= 4 is 23.5 Å². The lowest BCUT2D eigenvalue weighted by atomic mass is 10.3. The second-order valence-electron chi connectivity index (χ2n) is 5.43. The van der Waals surface area contributed by atoms with Crippen molar-refractivity contribution in [3.8, 4) is 0 Å². The third kappa shape index (κ3) is 7.68. The van der Waals surface area contributed by atoms with Gasteiger partial charge in [0.2, 0.25) is 0 Å². The van der Waals surface area contributed by atoms with Gasteiger partial charge in [0.1, 0.15) is 18.2 Å². The van der Waals surface area contributed by atoms with Crippen molar-refractivity contribution in [2.45, 2.75) is 31.0 Å². The molecule has 0 aromatic carbocycles. The van der Waals surface area contributed by atoms with Gasteiger partial charge < -0.3 is 11.1 Å². The molecule has 6 nitrogen and oxygen atoms in total. The van der Waals surface area contributed by atoms with Gasteiger partial charge in [-0.05, 0) is 36.8 Å². The lowest BCUT2D eigenvalue weighted by Gasteiger charge is -2.08. The quantitative estimate of drug-likeness (QED) is 0.330. The summed E-state index contributed by atoms with van der Waals surface area (Å²) in [5.41, 5.74) is 6.46. The fraction of sp³-hybridized carbons (Fsp3) is 0.375. The number of nitrogens with one attached hydrogen (secondary N) is 1. The smallest absolute Gasteiger partial charge is 0.370 e. The third-order valence-electron chi connectivity index (χ3n) is 3.04. The molecule has 2 aromatic rings. The average Bonchev–Trinajstić information content (AvgIpc) is 2.58. The van der Waals surface area contributed by atoms with Crippen molar-refractivity contribution in [1.29, 1.82) is 0 Å². The fourth-order valence-corrected chi connectivity index (χ4v) is 2.70. The third-order valence-corrected chi connectivity index (χ3v) is 4.05. The van der Waals surface area contributed by atoms with Gasteiger partial charge in [0.05, 0.1) is 5.03 Å². The van der Waals surface area contributed by atoms with Crippen LogP contribution in [0.1, 0.15) is 17.8 Å². The van der Waals surface area contributed by atoms with Gasteiger partial charge in [-0.15, -0.1) is 11.8 Å². The van der Waals surface area contributed by atoms with E-state index in [0.717, 1.165) is 35.0 Å². The Balaban J connectivity index is 1.80. The monoisotopic (exact) mass is 384 g/mol. The van der Waals surface area contributed by atoms with Crippen molar-refractivity contribution in [1.82, 2.24) is 15.0 Å². The highest BCUT2D eigenvalue weighted by atomic mass is 32.2. The predicted molar refractivity (Wildman–Crippen MR) is 96.2 cm³/mol. The van der Waals surface area contributed by atoms with Crippen molar-refractivity contribution in [2.24, 2.45) is 10.7 Å². The van der Waals surface area contributed by atoms with E-state index in [9.17, 15) is 13.2 Å². The Morgan fingerprint density at radius 2 is 2.00 bits per heavy atom. The second-order valence-corrected chi connectivity index (χ2v) is 6.55. The summed E-state index contributed by atoms with van der Waals surface area (Å²) in [6, 6.07) is 5.18. The summed E-state index contributed by atoms with van der Waals surface area (Å²) in [6.07, 6.45) is 0.830. The van der Waals surface area contributed by atoms with Crippen LogP contribution < -0.4 is 11.1 Å². The summed E-state index contributed by atoms with van der Waals surface area (Å²) in [4.78, 5) is 16.0. The number of hydrogen-bond donors (Lipinski definition) is 2. The van der Waals surface area contributed by atoms with Crippen molar-refractivity contribution in [3.05, 3.63) is 42.0 Å². The maximum atomic E-state index is 12.1. The largest absolute Gasteiger partial charge is 0.408 e. The summed E-state index contributed by atoms with van der Waals surface area (Å²) in [5, 5.41) is 3.30. The van der Waals surface area contributed by atoms with Crippen LogP contribution in [-0.4, -0.2) is 39.4 Å². The molecule has 0 saturated heterocycles. The summed E-state index contributed by atoms with van der Waals surface area (Å²) in [7, 11) is 0. The molecule has 0 spiro atoms. The Bertz CT molecular complexity index is 734. The number of hydrogen-bond acceptors (Lipinski definition) is 5. The molecule has 3 N–H and O–H groups in total. The van der Waals surface area contributed by atoms with Crippen LogP contribution in [0, 0.1) is 6.92 Å². The van der Waals surface area contributed by atoms with E-state index in [0.29, 0.717) is 5.82 Å². The molecule has 2 heterocycles. The molecule has 0 aliphatic carbocycles. The molecule has 140 valence electrons. The molecule has 10 heteroatoms. The zero-order chi connectivity index (χ0) is 19.0. The van der Waals surface area contributed by atoms with Crippen LogP contribution in [-0.2, 0) is 6.42 Å². The van der Waals surface area contributed by atoms with Crippen LogP contribution in [0.15, 0.2) is 40.6 Å². The summed E-state index contributed by atoms with van der Waals surface area (Å²) in [6.45, 7) is 0.605. The Kier molecular flexibility index (Phi) is 7.19. The first kappa shape index (κ1) is 20.0. The van der Waals surface area contributed by atoms with E-state index in [-0.39, 0.29) is 5.96 Å². The van der Waals surface area contributed by atoms with Gasteiger partial charge in [-0.2, -0.15) is 13.2 Å². The van der Waals surface area contributed by atoms with Crippen molar-refractivity contribution in [3.63, 3.8) is 0 Å². The number of rotatable bonds is 7. The highest BCUT2D eigenvalue weighted by Gasteiger charge is 2.26. The fourth-order valence-electron chi connectivity index (χ4n) is 1.87. The summed E-state index contributed by atoms with van der Waals surface area (Å²) < 4.78 is 36.3. The van der Waals surface area contributed by atoms with Crippen LogP contribution in [0.3, 0.4) is 0 Å². The Hall–Kier alpha value is -2.36. The maximum absolute atomic E-state index is 12.1. The maximum Gasteiger partial charge on any atom is 0.408 e. The second kappa shape index (κ2) is 9.37. The number of halogens is 3. The highest BCUT2D eigenvalue weighted by molar-refractivity contribution is 7.99. The standard InChI is InChI=1S/C16H19F3N6S/c1-11-8-21-12(22-9-11)5-3-7-26-14-6-2-4-13(24-14)25-15(20)23-10-16(17,18)19/h2,4,6,8-9H,3,5,7,10H2,1H3,(H3,20,23,24,25). The molecule has 0 aliphatic rings. The van der Waals surface area contributed by atoms with Crippen molar-refractivity contribution in [2.75, 3.05) is 17.6 Å². The first-order valence-corrected chi connectivity index (χ1v) is 8.81. The summed E-state index contributed by atoms with van der Waals surface area (Å²) >= 11 is 1.53. The molecular weight excluding hydrogens is 365 g/mol. The van der Waals surface area contributed by atoms with Crippen LogP contribution >= 0.6 is 11.8 Å². The molecule has 0 atom stereocenters. The predicted octanol–water partition coefficient (Wildman–Crippen LogP) is 3.19. The minimum absolute atomic E-state index is 0.325. The van der Waals surface area contributed by atoms with Gasteiger partial charge in [-0.3, -0.25) is 0 Å². The zero-order valence-electron chi connectivity index (χ0n) is 14.1. The van der Waals surface area contributed by atoms with E-state index >= 15 is 0 Å². The number of alkyl halides is 3. The molecule has 26 heavy (non-hydrogen) atoms. The number of thioether (sulfide) groups is 1. The molecule has 0 saturated carbocycles. The summed E-state index contributed by atoms with van der Waals surface area (Å²) in [5.74, 6) is 1.63. The first-order chi connectivity index (χ1) is 12.3. The number of nitrogens with zero attached hydrogens (tertiary/aromatic N) is 4. The van der Waals surface area contributed by atoms with E-state index in [4.69, 9.17) is 5.73 Å². The number of pyridine rings is 1. The Morgan fingerprint density at radius 3 is 2.69 bits per heavy atom. The van der Waals surface area contributed by atoms with E-state index in [1.54, 1.807) is 24.5 Å². The molecular formula is C16H19F3N6S. The van der Waals surface area contributed by atoms with E-state index < -0.39 is 12.7 Å². The molecule has 0 amide bonds. The van der Waals surface area contributed by atoms with Gasteiger partial charge in [0, 0.05) is 18.8 Å². The van der Waals surface area contributed by atoms with Gasteiger partial charge in [-0.25, -0.2) is 19.9 Å². The molecule has 0 bridgehead atoms. The number of guanidine groups is 1. The number of nitrogens with two attached hydrogens (primary N) is 1. The van der Waals surface area contributed by atoms with Crippen LogP contribution in [0.5, 0.6) is 0 Å². The van der Waals surface area contributed by atoms with Gasteiger partial charge in [0.15, 0.2) is 5.96 Å². The van der Waals surface area contributed by atoms with Gasteiger partial charge in [0.25, 0.3) is 0 Å². The number of aryl methyl sites for hydroxylation is 2. The minimum Gasteiger partial charge on any atom is -0.370 e. The molecule has 0 fully saturated rings. The molecule has 0 unspecified atom stereocenters. The topological polar surface area (TPSA) is 89.1 Å². The van der Waals surface area contributed by atoms with Crippen LogP contribution in [0.2, 0.25) is 0 Å². The minimum atomic E-state index is -4.39. The first-order valence-electron chi connectivity index (χ1n) is 7.83. The Morgan fingerprint density at radius 1 is 1.27 bits per heavy atom. The SMILES string of the molecule is Cc1cnc(CCCSc2cccc(NC(N)=NCC(F)(F)F)n2)nc1. The van der Waals surface area contributed by atoms with Crippen molar-refractivity contribution < 1.29 is 13.2 Å². The number of aliphatic imine (C=N–C) groups is 1. The molecule has 2 aromatic heterocycles. The normalized spacial score (nSPS) is 12.2. The van der Waals surface area contributed by atoms with Crippen LogP contribution in [0.4, 0.5) is 19.0 Å². The van der Waals surface area contributed by atoms with Gasteiger partial charge >= 0.3 is 6.18 Å². The molecule has 0 aliphatic heterocycles. The zero-order valence-corrected chi connectivity index (χ0v) is 14.9. The van der Waals surface area contributed by atoms with E-state index in [1.165, 1.54) is 11.8 Å². The lowest BCUT2D eigenvalue weighted by Crippen LogP contribution is -2.26. The van der Waals surface area contributed by atoms with Crippen LogP contribution in [0.25, 0.3) is 0 Å². The Labute approximate surface area is 153 Å². The highest BCUT2D eigenvalue weighted by Crippen LogP contribution is 2.19. The number of aromatic nitrogens is 3. The van der Waals surface area contributed by atoms with Gasteiger partial charge in [-0.1, -0.05) is 6.07 Å². The van der Waals surface area contributed by atoms with E-state index in [2.05, 4.69) is 25.3 Å². The molecule has 2 rings (SSSR count). The lowest BCUT2D eigenvalue weighted by molar-refractivity contribution is -0.118. The number of anilines is 1.